The third-order valence-electron chi connectivity index (χ3n) is 1.85. The molecule has 0 amide bonds. The van der Waals surface area contributed by atoms with Gasteiger partial charge in [0.15, 0.2) is 0 Å². The van der Waals surface area contributed by atoms with Gasteiger partial charge in [-0.25, -0.2) is 0 Å². The third-order valence-corrected chi connectivity index (χ3v) is 1.85. The minimum Gasteiger partial charge on any atom is -0.388 e. The van der Waals surface area contributed by atoms with Gasteiger partial charge in [0, 0.05) is 18.7 Å². The summed E-state index contributed by atoms with van der Waals surface area (Å²) >= 11 is 0. The summed E-state index contributed by atoms with van der Waals surface area (Å²) in [6.45, 7) is 2.77. The molecule has 0 aliphatic carbocycles. The number of amidine groups is 1. The Labute approximate surface area is 78.5 Å². The lowest BCUT2D eigenvalue weighted by Crippen LogP contribution is -2.15. The zero-order valence-electron chi connectivity index (χ0n) is 7.80. The Morgan fingerprint density at radius 3 is 2.77 bits per heavy atom. The van der Waals surface area contributed by atoms with E-state index >= 15 is 0 Å². The van der Waals surface area contributed by atoms with Crippen molar-refractivity contribution in [3.05, 3.63) is 29.8 Å². The van der Waals surface area contributed by atoms with Gasteiger partial charge < -0.3 is 11.1 Å². The highest BCUT2D eigenvalue weighted by Crippen LogP contribution is 2.12. The highest BCUT2D eigenvalue weighted by Gasteiger charge is 1.95. The molecule has 0 aliphatic rings. The number of anilines is 1. The van der Waals surface area contributed by atoms with Crippen LogP contribution in [0.1, 0.15) is 12.0 Å². The molecule has 1 rings (SSSR count). The van der Waals surface area contributed by atoms with E-state index in [0.29, 0.717) is 6.42 Å². The second-order valence-electron chi connectivity index (χ2n) is 3.02. The Kier molecular flexibility index (Phi) is 3.31. The van der Waals surface area contributed by atoms with Crippen molar-refractivity contribution in [2.24, 2.45) is 5.73 Å². The average molecular weight is 177 g/mol. The van der Waals surface area contributed by atoms with Crippen molar-refractivity contribution in [3.63, 3.8) is 0 Å². The van der Waals surface area contributed by atoms with Gasteiger partial charge >= 0.3 is 0 Å². The molecule has 3 heteroatoms. The normalized spacial score (nSPS) is 9.62. The van der Waals surface area contributed by atoms with Gasteiger partial charge in [0.1, 0.15) is 0 Å². The fourth-order valence-corrected chi connectivity index (χ4v) is 1.10. The van der Waals surface area contributed by atoms with Crippen molar-refractivity contribution in [1.29, 1.82) is 5.41 Å². The largest absolute Gasteiger partial charge is 0.388 e. The molecule has 0 aliphatic heterocycles. The highest BCUT2D eigenvalue weighted by atomic mass is 14.9. The lowest BCUT2D eigenvalue weighted by atomic mass is 10.2. The Hall–Kier alpha value is -1.51. The molecule has 0 radical (unpaired) electrons. The van der Waals surface area contributed by atoms with Crippen LogP contribution in [-0.2, 0) is 0 Å². The summed E-state index contributed by atoms with van der Waals surface area (Å²) in [5.41, 5.74) is 7.57. The van der Waals surface area contributed by atoms with Crippen molar-refractivity contribution in [2.45, 2.75) is 13.3 Å². The van der Waals surface area contributed by atoms with Gasteiger partial charge in [0.25, 0.3) is 0 Å². The molecule has 70 valence electrons. The molecular weight excluding hydrogens is 162 g/mol. The molecular formula is C10H15N3. The lowest BCUT2D eigenvalue weighted by molar-refractivity contribution is 1.07. The number of nitrogens with one attached hydrogen (secondary N) is 2. The van der Waals surface area contributed by atoms with Gasteiger partial charge in [0.2, 0.25) is 0 Å². The van der Waals surface area contributed by atoms with Gasteiger partial charge in [-0.3, -0.25) is 5.41 Å². The molecule has 3 nitrogen and oxygen atoms in total. The summed E-state index contributed by atoms with van der Waals surface area (Å²) in [6, 6.07) is 8.07. The zero-order chi connectivity index (χ0) is 9.68. The van der Waals surface area contributed by atoms with E-state index < -0.39 is 0 Å². The van der Waals surface area contributed by atoms with Crippen molar-refractivity contribution in [3.8, 4) is 0 Å². The summed E-state index contributed by atoms with van der Waals surface area (Å²) in [5.74, 6) is 0.223. The van der Waals surface area contributed by atoms with E-state index in [1.165, 1.54) is 5.56 Å². The molecule has 1 aromatic carbocycles. The highest BCUT2D eigenvalue weighted by molar-refractivity contribution is 5.77. The molecule has 4 N–H and O–H groups in total. The van der Waals surface area contributed by atoms with Gasteiger partial charge in [0.05, 0.1) is 5.84 Å². The van der Waals surface area contributed by atoms with Crippen LogP contribution in [0, 0.1) is 12.3 Å². The Bertz CT molecular complexity index is 294. The fraction of sp³-hybridized carbons (Fsp3) is 0.300. The first-order valence-electron chi connectivity index (χ1n) is 4.32. The smallest absolute Gasteiger partial charge is 0.0923 e. The monoisotopic (exact) mass is 177 g/mol. The molecule has 0 heterocycles. The Morgan fingerprint density at radius 1 is 1.46 bits per heavy atom. The van der Waals surface area contributed by atoms with Crippen molar-refractivity contribution in [2.75, 3.05) is 11.9 Å². The topological polar surface area (TPSA) is 61.9 Å². The van der Waals surface area contributed by atoms with Crippen LogP contribution in [-0.4, -0.2) is 12.4 Å². The molecule has 0 atom stereocenters. The van der Waals surface area contributed by atoms with Crippen LogP contribution in [0.15, 0.2) is 24.3 Å². The van der Waals surface area contributed by atoms with Gasteiger partial charge in [-0.15, -0.1) is 0 Å². The van der Waals surface area contributed by atoms with Gasteiger partial charge in [-0.2, -0.15) is 0 Å². The minimum absolute atomic E-state index is 0.223. The maximum Gasteiger partial charge on any atom is 0.0923 e. The third kappa shape index (κ3) is 3.15. The van der Waals surface area contributed by atoms with Crippen molar-refractivity contribution in [1.82, 2.24) is 0 Å². The van der Waals surface area contributed by atoms with Crippen molar-refractivity contribution >= 4 is 11.5 Å². The SMILES string of the molecule is Cc1ccccc1NCCC(=N)N. The predicted octanol–water partition coefficient (Wildman–Crippen LogP) is 1.73. The zero-order valence-corrected chi connectivity index (χ0v) is 7.80. The molecule has 0 spiro atoms. The van der Waals surface area contributed by atoms with E-state index in [1.54, 1.807) is 0 Å². The Balaban J connectivity index is 2.45. The number of nitrogens with two attached hydrogens (primary N) is 1. The molecule has 0 aromatic heterocycles. The maximum atomic E-state index is 7.05. The molecule has 0 unspecified atom stereocenters. The Morgan fingerprint density at radius 2 is 2.15 bits per heavy atom. The summed E-state index contributed by atoms with van der Waals surface area (Å²) in [5, 5.41) is 10.3. The van der Waals surface area contributed by atoms with Crippen LogP contribution in [0.5, 0.6) is 0 Å². The number of hydrogen-bond acceptors (Lipinski definition) is 2. The summed E-state index contributed by atoms with van der Waals surface area (Å²) < 4.78 is 0. The first-order valence-corrected chi connectivity index (χ1v) is 4.32. The average Bonchev–Trinajstić information content (AvgIpc) is 2.08. The first kappa shape index (κ1) is 9.58. The first-order chi connectivity index (χ1) is 6.20. The predicted molar refractivity (Wildman–Crippen MR) is 56.2 cm³/mol. The molecule has 1 aromatic rings. The number of benzene rings is 1. The quantitative estimate of drug-likeness (QED) is 0.484. The van der Waals surface area contributed by atoms with Gasteiger partial charge in [-0.1, -0.05) is 18.2 Å². The van der Waals surface area contributed by atoms with Crippen LogP contribution in [0.2, 0.25) is 0 Å². The standard InChI is InChI=1S/C10H15N3/c1-8-4-2-3-5-9(8)13-7-6-10(11)12/h2-5,13H,6-7H2,1H3,(H3,11,12). The number of rotatable bonds is 4. The molecule has 0 bridgehead atoms. The maximum absolute atomic E-state index is 7.05. The van der Waals surface area contributed by atoms with E-state index in [-0.39, 0.29) is 5.84 Å². The molecule has 13 heavy (non-hydrogen) atoms. The minimum atomic E-state index is 0.223. The molecule has 0 fully saturated rings. The number of aryl methyl sites for hydroxylation is 1. The van der Waals surface area contributed by atoms with E-state index in [2.05, 4.69) is 18.3 Å². The summed E-state index contributed by atoms with van der Waals surface area (Å²) in [6.07, 6.45) is 0.592. The van der Waals surface area contributed by atoms with Crippen LogP contribution >= 0.6 is 0 Å². The van der Waals surface area contributed by atoms with E-state index in [4.69, 9.17) is 11.1 Å². The molecule has 0 saturated heterocycles. The fourth-order valence-electron chi connectivity index (χ4n) is 1.10. The van der Waals surface area contributed by atoms with E-state index in [0.717, 1.165) is 12.2 Å². The summed E-state index contributed by atoms with van der Waals surface area (Å²) in [7, 11) is 0. The lowest BCUT2D eigenvalue weighted by Gasteiger charge is -2.07. The second-order valence-corrected chi connectivity index (χ2v) is 3.02. The van der Waals surface area contributed by atoms with Crippen LogP contribution in [0.25, 0.3) is 0 Å². The summed E-state index contributed by atoms with van der Waals surface area (Å²) in [4.78, 5) is 0. The van der Waals surface area contributed by atoms with E-state index in [9.17, 15) is 0 Å². The van der Waals surface area contributed by atoms with Gasteiger partial charge in [-0.05, 0) is 18.6 Å². The number of hydrogen-bond donors (Lipinski definition) is 3. The van der Waals surface area contributed by atoms with E-state index in [1.807, 2.05) is 18.2 Å². The molecule has 0 saturated carbocycles. The van der Waals surface area contributed by atoms with Crippen LogP contribution in [0.3, 0.4) is 0 Å². The van der Waals surface area contributed by atoms with Crippen molar-refractivity contribution < 1.29 is 0 Å². The second kappa shape index (κ2) is 4.50. The number of para-hydroxylation sites is 1. The van der Waals surface area contributed by atoms with Crippen LogP contribution < -0.4 is 11.1 Å². The van der Waals surface area contributed by atoms with Crippen LogP contribution in [0.4, 0.5) is 5.69 Å².